The first-order valence-corrected chi connectivity index (χ1v) is 6.99. The third-order valence-electron chi connectivity index (χ3n) is 3.84. The van der Waals surface area contributed by atoms with Crippen molar-refractivity contribution in [2.45, 2.75) is 26.4 Å². The number of rotatable bonds is 3. The van der Waals surface area contributed by atoms with E-state index in [9.17, 15) is 0 Å². The third kappa shape index (κ3) is 2.73. The van der Waals surface area contributed by atoms with Crippen molar-refractivity contribution in [1.29, 1.82) is 0 Å². The first kappa shape index (κ1) is 13.3. The van der Waals surface area contributed by atoms with Gasteiger partial charge in [-0.05, 0) is 25.0 Å². The summed E-state index contributed by atoms with van der Waals surface area (Å²) in [6.45, 7) is 6.79. The highest BCUT2D eigenvalue weighted by atomic mass is 16.4. The number of likely N-dealkylation sites (tertiary alicyclic amines) is 1. The van der Waals surface area contributed by atoms with Crippen LogP contribution in [0.25, 0.3) is 11.5 Å². The second kappa shape index (κ2) is 5.34. The molecule has 0 saturated carbocycles. The highest BCUT2D eigenvalue weighted by Crippen LogP contribution is 2.21. The summed E-state index contributed by atoms with van der Waals surface area (Å²) in [5.41, 5.74) is 8.18. The molecular weight excluding hydrogens is 252 g/mol. The fraction of sp³-hybridized carbons (Fsp3) is 0.467. The Kier molecular flexibility index (Phi) is 3.54. The van der Waals surface area contributed by atoms with Crippen molar-refractivity contribution < 1.29 is 4.42 Å². The Morgan fingerprint density at radius 1 is 1.35 bits per heavy atom. The lowest BCUT2D eigenvalue weighted by Crippen LogP contribution is -2.28. The van der Waals surface area contributed by atoms with E-state index in [0.29, 0.717) is 24.2 Å². The van der Waals surface area contributed by atoms with Crippen LogP contribution in [0.3, 0.4) is 0 Å². The second-order valence-corrected chi connectivity index (χ2v) is 5.71. The lowest BCUT2D eigenvalue weighted by molar-refractivity contribution is 0.283. The van der Waals surface area contributed by atoms with E-state index in [1.54, 1.807) is 0 Å². The van der Waals surface area contributed by atoms with E-state index in [2.05, 4.69) is 22.0 Å². The minimum atomic E-state index is 0.245. The average molecular weight is 272 g/mol. The van der Waals surface area contributed by atoms with Gasteiger partial charge in [-0.25, -0.2) is 0 Å². The lowest BCUT2D eigenvalue weighted by Gasteiger charge is -2.11. The van der Waals surface area contributed by atoms with Gasteiger partial charge in [0.25, 0.3) is 0 Å². The maximum absolute atomic E-state index is 6.03. The lowest BCUT2D eigenvalue weighted by atomic mass is 10.1. The summed E-state index contributed by atoms with van der Waals surface area (Å²) in [6, 6.07) is 8.32. The Morgan fingerprint density at radius 2 is 2.20 bits per heavy atom. The number of aromatic nitrogens is 2. The summed E-state index contributed by atoms with van der Waals surface area (Å²) in [5, 5.41) is 8.27. The zero-order valence-corrected chi connectivity index (χ0v) is 11.9. The predicted molar refractivity (Wildman–Crippen MR) is 76.9 cm³/mol. The minimum absolute atomic E-state index is 0.245. The smallest absolute Gasteiger partial charge is 0.247 e. The molecule has 0 bridgehead atoms. The van der Waals surface area contributed by atoms with Gasteiger partial charge in [-0.1, -0.05) is 24.6 Å². The van der Waals surface area contributed by atoms with Crippen LogP contribution in [-0.2, 0) is 6.54 Å². The number of nitrogens with zero attached hydrogens (tertiary/aromatic N) is 3. The quantitative estimate of drug-likeness (QED) is 0.923. The van der Waals surface area contributed by atoms with E-state index < -0.39 is 0 Å². The predicted octanol–water partition coefficient (Wildman–Crippen LogP) is 1.82. The highest BCUT2D eigenvalue weighted by Gasteiger charge is 2.27. The van der Waals surface area contributed by atoms with Crippen LogP contribution in [0.1, 0.15) is 18.4 Å². The van der Waals surface area contributed by atoms with Crippen LogP contribution < -0.4 is 5.73 Å². The van der Waals surface area contributed by atoms with Gasteiger partial charge in [0.1, 0.15) is 0 Å². The van der Waals surface area contributed by atoms with Gasteiger partial charge in [0.15, 0.2) is 0 Å². The van der Waals surface area contributed by atoms with E-state index in [1.165, 1.54) is 5.56 Å². The van der Waals surface area contributed by atoms with Gasteiger partial charge in [0, 0.05) is 24.7 Å². The van der Waals surface area contributed by atoms with Crippen molar-refractivity contribution in [3.63, 3.8) is 0 Å². The largest absolute Gasteiger partial charge is 0.419 e. The molecule has 0 spiro atoms. The van der Waals surface area contributed by atoms with Crippen LogP contribution in [0, 0.1) is 12.8 Å². The summed E-state index contributed by atoms with van der Waals surface area (Å²) >= 11 is 0. The topological polar surface area (TPSA) is 68.2 Å². The molecule has 1 aromatic heterocycles. The van der Waals surface area contributed by atoms with Crippen molar-refractivity contribution in [3.05, 3.63) is 35.7 Å². The van der Waals surface area contributed by atoms with Gasteiger partial charge < -0.3 is 10.2 Å². The van der Waals surface area contributed by atoms with E-state index in [1.807, 2.05) is 31.2 Å². The highest BCUT2D eigenvalue weighted by molar-refractivity contribution is 5.53. The van der Waals surface area contributed by atoms with Gasteiger partial charge >= 0.3 is 0 Å². The van der Waals surface area contributed by atoms with Crippen molar-refractivity contribution in [2.75, 3.05) is 13.1 Å². The molecule has 2 aromatic rings. The molecule has 2 atom stereocenters. The van der Waals surface area contributed by atoms with E-state index >= 15 is 0 Å². The Morgan fingerprint density at radius 3 is 2.90 bits per heavy atom. The van der Waals surface area contributed by atoms with E-state index in [0.717, 1.165) is 18.7 Å². The third-order valence-corrected chi connectivity index (χ3v) is 3.84. The number of hydrogen-bond donors (Lipinski definition) is 1. The SMILES string of the molecule is Cc1cccc(-c2nnc(CN3CC(C)C(N)C3)o2)c1. The summed E-state index contributed by atoms with van der Waals surface area (Å²) in [4.78, 5) is 2.27. The molecule has 5 heteroatoms. The van der Waals surface area contributed by atoms with Crippen molar-refractivity contribution in [3.8, 4) is 11.5 Å². The Balaban J connectivity index is 1.71. The fourth-order valence-corrected chi connectivity index (χ4v) is 2.63. The first-order valence-electron chi connectivity index (χ1n) is 6.99. The molecule has 1 aromatic carbocycles. The van der Waals surface area contributed by atoms with Crippen molar-refractivity contribution in [1.82, 2.24) is 15.1 Å². The Hall–Kier alpha value is -1.72. The standard InChI is InChI=1S/C15H20N4O/c1-10-4-3-5-12(6-10)15-18-17-14(20-15)9-19-7-11(2)13(16)8-19/h3-6,11,13H,7-9,16H2,1-2H3. The van der Waals surface area contributed by atoms with Gasteiger partial charge in [-0.15, -0.1) is 10.2 Å². The molecule has 0 amide bonds. The zero-order chi connectivity index (χ0) is 14.1. The normalized spacial score (nSPS) is 23.4. The summed E-state index contributed by atoms with van der Waals surface area (Å²) in [7, 11) is 0. The van der Waals surface area contributed by atoms with Crippen LogP contribution in [-0.4, -0.2) is 34.2 Å². The Labute approximate surface area is 118 Å². The molecule has 20 heavy (non-hydrogen) atoms. The average Bonchev–Trinajstić information content (AvgIpc) is 2.98. The van der Waals surface area contributed by atoms with Crippen LogP contribution >= 0.6 is 0 Å². The molecule has 106 valence electrons. The molecule has 2 heterocycles. The van der Waals surface area contributed by atoms with Crippen molar-refractivity contribution >= 4 is 0 Å². The number of nitrogens with two attached hydrogens (primary N) is 1. The first-order chi connectivity index (χ1) is 9.61. The second-order valence-electron chi connectivity index (χ2n) is 5.71. The van der Waals surface area contributed by atoms with Crippen LogP contribution in [0.15, 0.2) is 28.7 Å². The zero-order valence-electron chi connectivity index (χ0n) is 11.9. The molecule has 1 saturated heterocycles. The molecule has 0 radical (unpaired) electrons. The minimum Gasteiger partial charge on any atom is -0.419 e. The molecule has 2 N–H and O–H groups in total. The number of benzene rings is 1. The van der Waals surface area contributed by atoms with Gasteiger partial charge in [-0.3, -0.25) is 4.90 Å². The van der Waals surface area contributed by atoms with Crippen molar-refractivity contribution in [2.24, 2.45) is 11.7 Å². The maximum Gasteiger partial charge on any atom is 0.247 e. The van der Waals surface area contributed by atoms with Crippen LogP contribution in [0.2, 0.25) is 0 Å². The molecule has 5 nitrogen and oxygen atoms in total. The molecule has 1 fully saturated rings. The molecule has 2 unspecified atom stereocenters. The molecule has 1 aliphatic rings. The summed E-state index contributed by atoms with van der Waals surface area (Å²) in [6.07, 6.45) is 0. The maximum atomic E-state index is 6.03. The summed E-state index contributed by atoms with van der Waals surface area (Å²) in [5.74, 6) is 1.76. The number of aryl methyl sites for hydroxylation is 1. The van der Waals surface area contributed by atoms with E-state index in [4.69, 9.17) is 10.2 Å². The fourth-order valence-electron chi connectivity index (χ4n) is 2.63. The van der Waals surface area contributed by atoms with Gasteiger partial charge in [0.05, 0.1) is 6.54 Å². The van der Waals surface area contributed by atoms with Gasteiger partial charge in [0.2, 0.25) is 11.8 Å². The van der Waals surface area contributed by atoms with Crippen LogP contribution in [0.4, 0.5) is 0 Å². The monoisotopic (exact) mass is 272 g/mol. The van der Waals surface area contributed by atoms with E-state index in [-0.39, 0.29) is 6.04 Å². The number of hydrogen-bond acceptors (Lipinski definition) is 5. The molecule has 0 aliphatic carbocycles. The molecule has 1 aliphatic heterocycles. The van der Waals surface area contributed by atoms with Crippen LogP contribution in [0.5, 0.6) is 0 Å². The molecule has 3 rings (SSSR count). The molecular formula is C15H20N4O. The Bertz CT molecular complexity index is 585. The van der Waals surface area contributed by atoms with Gasteiger partial charge in [-0.2, -0.15) is 0 Å². The summed E-state index contributed by atoms with van der Waals surface area (Å²) < 4.78 is 5.75.